The summed E-state index contributed by atoms with van der Waals surface area (Å²) in [5, 5.41) is 5.50. The van der Waals surface area contributed by atoms with E-state index in [-0.39, 0.29) is 18.6 Å². The normalized spacial score (nSPS) is 14.0. The van der Waals surface area contributed by atoms with Crippen molar-refractivity contribution < 1.29 is 23.9 Å². The highest BCUT2D eigenvalue weighted by molar-refractivity contribution is 5.94. The van der Waals surface area contributed by atoms with Crippen LogP contribution in [0.3, 0.4) is 0 Å². The van der Waals surface area contributed by atoms with Crippen LogP contribution in [0.25, 0.3) is 0 Å². The van der Waals surface area contributed by atoms with Gasteiger partial charge in [0.15, 0.2) is 6.61 Å². The Morgan fingerprint density at radius 3 is 2.33 bits per heavy atom. The third-order valence-electron chi connectivity index (χ3n) is 4.87. The molecule has 8 heteroatoms. The first kappa shape index (κ1) is 21.2. The van der Waals surface area contributed by atoms with Crippen LogP contribution in [0.1, 0.15) is 12.8 Å². The molecule has 1 fully saturated rings. The van der Waals surface area contributed by atoms with Gasteiger partial charge in [-0.15, -0.1) is 0 Å². The third-order valence-corrected chi connectivity index (χ3v) is 4.87. The van der Waals surface area contributed by atoms with Gasteiger partial charge in [0.1, 0.15) is 5.75 Å². The fourth-order valence-electron chi connectivity index (χ4n) is 3.23. The van der Waals surface area contributed by atoms with Gasteiger partial charge in [-0.05, 0) is 37.1 Å². The number of carbonyl (C=O) groups excluding carboxylic acids is 3. The minimum atomic E-state index is -0.437. The number of anilines is 2. The second kappa shape index (κ2) is 10.3. The highest BCUT2D eigenvalue weighted by Crippen LogP contribution is 2.23. The van der Waals surface area contributed by atoms with Crippen molar-refractivity contribution in [3.8, 4) is 5.75 Å². The number of rotatable bonds is 6. The number of benzene rings is 2. The van der Waals surface area contributed by atoms with Gasteiger partial charge in [0.25, 0.3) is 5.91 Å². The number of methoxy groups -OCH3 is 1. The van der Waals surface area contributed by atoms with Crippen molar-refractivity contribution in [2.45, 2.75) is 12.8 Å². The summed E-state index contributed by atoms with van der Waals surface area (Å²) in [6.45, 7) is 0.531. The summed E-state index contributed by atoms with van der Waals surface area (Å²) >= 11 is 0. The monoisotopic (exact) mass is 411 g/mol. The molecule has 2 aromatic rings. The molecule has 30 heavy (non-hydrogen) atoms. The summed E-state index contributed by atoms with van der Waals surface area (Å²) in [4.78, 5) is 38.4. The maximum absolute atomic E-state index is 12.3. The lowest BCUT2D eigenvalue weighted by Gasteiger charge is -2.30. The molecule has 3 rings (SSSR count). The number of nitrogens with zero attached hydrogens (tertiary/aromatic N) is 1. The fraction of sp³-hybridized carbons (Fsp3) is 0.318. The topological polar surface area (TPSA) is 97.0 Å². The lowest BCUT2D eigenvalue weighted by Crippen LogP contribution is -2.43. The van der Waals surface area contributed by atoms with Gasteiger partial charge in [-0.2, -0.15) is 0 Å². The second-order valence-corrected chi connectivity index (χ2v) is 6.91. The van der Waals surface area contributed by atoms with Crippen molar-refractivity contribution in [2.24, 2.45) is 5.92 Å². The zero-order valence-corrected chi connectivity index (χ0v) is 16.8. The number of amides is 3. The molecule has 0 atom stereocenters. The zero-order chi connectivity index (χ0) is 21.3. The number of nitrogens with one attached hydrogen (secondary N) is 2. The summed E-state index contributed by atoms with van der Waals surface area (Å²) in [5.74, 6) is -0.663. The summed E-state index contributed by atoms with van der Waals surface area (Å²) in [6, 6.07) is 16.0. The number of piperidine rings is 1. The van der Waals surface area contributed by atoms with Gasteiger partial charge in [-0.3, -0.25) is 9.59 Å². The lowest BCUT2D eigenvalue weighted by molar-refractivity contribution is -0.152. The van der Waals surface area contributed by atoms with E-state index in [1.807, 2.05) is 30.3 Å². The van der Waals surface area contributed by atoms with Gasteiger partial charge in [0.2, 0.25) is 0 Å². The van der Waals surface area contributed by atoms with Crippen LogP contribution >= 0.6 is 0 Å². The SMILES string of the molecule is COc1ccccc1NC(=O)COC(=O)C1CCN(C(=O)Nc2ccccc2)CC1. The summed E-state index contributed by atoms with van der Waals surface area (Å²) in [6.07, 6.45) is 0.990. The average molecular weight is 411 g/mol. The van der Waals surface area contributed by atoms with Crippen LogP contribution in [-0.4, -0.2) is 49.6 Å². The zero-order valence-electron chi connectivity index (χ0n) is 16.8. The summed E-state index contributed by atoms with van der Waals surface area (Å²) < 4.78 is 10.3. The number of ether oxygens (including phenoxy) is 2. The van der Waals surface area contributed by atoms with Crippen molar-refractivity contribution in [1.29, 1.82) is 0 Å². The molecule has 1 saturated heterocycles. The summed E-state index contributed by atoms with van der Waals surface area (Å²) in [7, 11) is 1.51. The molecule has 8 nitrogen and oxygen atoms in total. The Morgan fingerprint density at radius 1 is 0.967 bits per heavy atom. The Balaban J connectivity index is 1.40. The van der Waals surface area contributed by atoms with Crippen LogP contribution in [0.4, 0.5) is 16.2 Å². The highest BCUT2D eigenvalue weighted by Gasteiger charge is 2.28. The van der Waals surface area contributed by atoms with Gasteiger partial charge in [-0.1, -0.05) is 30.3 Å². The van der Waals surface area contributed by atoms with E-state index in [0.717, 1.165) is 5.69 Å². The number of esters is 1. The Kier molecular flexibility index (Phi) is 7.26. The number of para-hydroxylation sites is 3. The smallest absolute Gasteiger partial charge is 0.321 e. The lowest BCUT2D eigenvalue weighted by atomic mass is 9.97. The molecule has 0 saturated carbocycles. The predicted octanol–water partition coefficient (Wildman–Crippen LogP) is 3.12. The van der Waals surface area contributed by atoms with Crippen molar-refractivity contribution >= 4 is 29.3 Å². The molecule has 0 aromatic heterocycles. The van der Waals surface area contributed by atoms with Crippen LogP contribution in [0, 0.1) is 5.92 Å². The summed E-state index contributed by atoms with van der Waals surface area (Å²) in [5.41, 5.74) is 1.24. The van der Waals surface area contributed by atoms with E-state index in [1.54, 1.807) is 29.2 Å². The van der Waals surface area contributed by atoms with Gasteiger partial charge >= 0.3 is 12.0 Å². The molecule has 2 aromatic carbocycles. The Hall–Kier alpha value is -3.55. The molecule has 1 heterocycles. The van der Waals surface area contributed by atoms with E-state index in [4.69, 9.17) is 9.47 Å². The van der Waals surface area contributed by atoms with E-state index < -0.39 is 11.9 Å². The molecule has 0 unspecified atom stereocenters. The Morgan fingerprint density at radius 2 is 1.63 bits per heavy atom. The van der Waals surface area contributed by atoms with E-state index in [1.165, 1.54) is 7.11 Å². The first-order valence-electron chi connectivity index (χ1n) is 9.77. The molecule has 3 amide bonds. The quantitative estimate of drug-likeness (QED) is 0.712. The molecule has 2 N–H and O–H groups in total. The van der Waals surface area contributed by atoms with E-state index >= 15 is 0 Å². The minimum absolute atomic E-state index is 0.191. The van der Waals surface area contributed by atoms with Crippen molar-refractivity contribution in [3.05, 3.63) is 54.6 Å². The van der Waals surface area contributed by atoms with E-state index in [9.17, 15) is 14.4 Å². The van der Waals surface area contributed by atoms with E-state index in [2.05, 4.69) is 10.6 Å². The average Bonchev–Trinajstić information content (AvgIpc) is 2.78. The molecule has 158 valence electrons. The molecule has 1 aliphatic heterocycles. The number of carbonyl (C=O) groups is 3. The molecule has 0 bridgehead atoms. The van der Waals surface area contributed by atoms with Crippen molar-refractivity contribution in [2.75, 3.05) is 37.4 Å². The second-order valence-electron chi connectivity index (χ2n) is 6.91. The number of hydrogen-bond acceptors (Lipinski definition) is 5. The molecule has 1 aliphatic rings. The van der Waals surface area contributed by atoms with Gasteiger partial charge in [0, 0.05) is 18.8 Å². The Labute approximate surface area is 175 Å². The predicted molar refractivity (Wildman–Crippen MR) is 112 cm³/mol. The van der Waals surface area contributed by atoms with Crippen LogP contribution in [0.15, 0.2) is 54.6 Å². The maximum Gasteiger partial charge on any atom is 0.321 e. The molecule has 0 spiro atoms. The molecule has 0 radical (unpaired) electrons. The molecule has 0 aliphatic carbocycles. The van der Waals surface area contributed by atoms with Crippen LogP contribution in [0.5, 0.6) is 5.75 Å². The fourth-order valence-corrected chi connectivity index (χ4v) is 3.23. The van der Waals surface area contributed by atoms with Gasteiger partial charge in [-0.25, -0.2) is 4.79 Å². The van der Waals surface area contributed by atoms with Crippen molar-refractivity contribution in [1.82, 2.24) is 4.90 Å². The molecular weight excluding hydrogens is 386 g/mol. The van der Waals surface area contributed by atoms with Gasteiger partial charge < -0.3 is 25.0 Å². The first-order chi connectivity index (χ1) is 14.6. The Bertz CT molecular complexity index is 879. The first-order valence-corrected chi connectivity index (χ1v) is 9.77. The number of urea groups is 1. The maximum atomic E-state index is 12.3. The molecular formula is C22H25N3O5. The van der Waals surface area contributed by atoms with Crippen molar-refractivity contribution in [3.63, 3.8) is 0 Å². The van der Waals surface area contributed by atoms with Crippen LogP contribution in [-0.2, 0) is 14.3 Å². The van der Waals surface area contributed by atoms with Crippen LogP contribution in [0.2, 0.25) is 0 Å². The standard InChI is InChI=1S/C22H25N3O5/c1-29-19-10-6-5-9-18(19)24-20(26)15-30-21(27)16-11-13-25(14-12-16)22(28)23-17-7-3-2-4-8-17/h2-10,16H,11-15H2,1H3,(H,23,28)(H,24,26). The number of hydrogen-bond donors (Lipinski definition) is 2. The van der Waals surface area contributed by atoms with Crippen LogP contribution < -0.4 is 15.4 Å². The third kappa shape index (κ3) is 5.73. The largest absolute Gasteiger partial charge is 0.495 e. The van der Waals surface area contributed by atoms with Gasteiger partial charge in [0.05, 0.1) is 18.7 Å². The number of likely N-dealkylation sites (tertiary alicyclic amines) is 1. The highest BCUT2D eigenvalue weighted by atomic mass is 16.5. The minimum Gasteiger partial charge on any atom is -0.495 e. The van der Waals surface area contributed by atoms with E-state index in [0.29, 0.717) is 37.4 Å².